The minimum atomic E-state index is -3.01. The lowest BCUT2D eigenvalue weighted by Gasteiger charge is -2.11. The first kappa shape index (κ1) is 14.7. The molecule has 1 aromatic carbocycles. The molecule has 2 heterocycles. The Morgan fingerprint density at radius 1 is 1.17 bits per heavy atom. The molecular weight excluding hydrogens is 310 g/mol. The second-order valence-corrected chi connectivity index (χ2v) is 4.50. The number of rotatable bonds is 4. The van der Waals surface area contributed by atoms with E-state index in [1.54, 1.807) is 6.07 Å². The number of carbonyl (C=O) groups excluding carboxylic acids is 1. The monoisotopic (exact) mass is 320 g/mol. The van der Waals surface area contributed by atoms with Gasteiger partial charge in [0.05, 0.1) is 11.2 Å². The van der Waals surface area contributed by atoms with E-state index in [9.17, 15) is 18.4 Å². The second kappa shape index (κ2) is 5.87. The molecule has 7 nitrogen and oxygen atoms in total. The number of aromatic amines is 2. The lowest BCUT2D eigenvalue weighted by atomic mass is 10.2. The first-order valence-corrected chi connectivity index (χ1v) is 6.47. The number of hydrogen-bond acceptors (Lipinski definition) is 4. The minimum absolute atomic E-state index is 0.0135. The fourth-order valence-electron chi connectivity index (χ4n) is 2.00. The number of nitrogens with one attached hydrogen (secondary N) is 3. The fraction of sp³-hybridized carbons (Fsp3) is 0.0714. The Balaban J connectivity index is 1.87. The van der Waals surface area contributed by atoms with Gasteiger partial charge < -0.3 is 15.0 Å². The number of benzene rings is 1. The van der Waals surface area contributed by atoms with Gasteiger partial charge in [-0.05, 0) is 24.3 Å². The summed E-state index contributed by atoms with van der Waals surface area (Å²) < 4.78 is 29.0. The van der Waals surface area contributed by atoms with Crippen molar-refractivity contribution < 1.29 is 18.3 Å². The predicted molar refractivity (Wildman–Crippen MR) is 77.7 cm³/mol. The Hall–Kier alpha value is -3.23. The van der Waals surface area contributed by atoms with E-state index in [1.165, 1.54) is 30.3 Å². The highest BCUT2D eigenvalue weighted by atomic mass is 19.3. The number of pyridine rings is 1. The van der Waals surface area contributed by atoms with Crippen LogP contribution in [0.5, 0.6) is 5.75 Å². The van der Waals surface area contributed by atoms with Crippen LogP contribution in [0, 0.1) is 0 Å². The number of imidazole rings is 1. The first-order valence-electron chi connectivity index (χ1n) is 6.47. The smallest absolute Gasteiger partial charge is 0.387 e. The average molecular weight is 320 g/mol. The highest BCUT2D eigenvalue weighted by Gasteiger charge is 2.14. The van der Waals surface area contributed by atoms with Crippen molar-refractivity contribution in [1.29, 1.82) is 0 Å². The highest BCUT2D eigenvalue weighted by molar-refractivity contribution is 6.04. The van der Waals surface area contributed by atoms with E-state index in [2.05, 4.69) is 25.0 Å². The summed E-state index contributed by atoms with van der Waals surface area (Å²) in [6.45, 7) is -3.01. The van der Waals surface area contributed by atoms with Crippen LogP contribution < -0.4 is 15.7 Å². The van der Waals surface area contributed by atoms with Crippen molar-refractivity contribution >= 4 is 22.8 Å². The molecule has 0 saturated heterocycles. The van der Waals surface area contributed by atoms with Gasteiger partial charge in [0, 0.05) is 0 Å². The van der Waals surface area contributed by atoms with Crippen LogP contribution in [0.2, 0.25) is 0 Å². The molecule has 1 amide bonds. The normalized spacial score (nSPS) is 10.9. The maximum Gasteiger partial charge on any atom is 0.387 e. The zero-order valence-electron chi connectivity index (χ0n) is 11.5. The summed E-state index contributed by atoms with van der Waals surface area (Å²) in [5.74, 6) is -0.786. The van der Waals surface area contributed by atoms with E-state index < -0.39 is 18.2 Å². The molecule has 0 spiro atoms. The van der Waals surface area contributed by atoms with Gasteiger partial charge in [0.1, 0.15) is 11.4 Å². The zero-order chi connectivity index (χ0) is 16.4. The Labute approximate surface area is 127 Å². The van der Waals surface area contributed by atoms with Crippen LogP contribution in [0.25, 0.3) is 11.2 Å². The number of H-pyrrole nitrogens is 2. The molecule has 0 unspecified atom stereocenters. The van der Waals surface area contributed by atoms with Crippen molar-refractivity contribution in [2.24, 2.45) is 0 Å². The van der Waals surface area contributed by atoms with Crippen LogP contribution in [0.4, 0.5) is 14.5 Å². The van der Waals surface area contributed by atoms with E-state index in [1.807, 2.05) is 0 Å². The quantitative estimate of drug-likeness (QED) is 0.685. The summed E-state index contributed by atoms with van der Waals surface area (Å²) in [4.78, 5) is 32.3. The number of hydrogen-bond donors (Lipinski definition) is 3. The van der Waals surface area contributed by atoms with Crippen molar-refractivity contribution in [1.82, 2.24) is 15.0 Å². The fourth-order valence-corrected chi connectivity index (χ4v) is 2.00. The van der Waals surface area contributed by atoms with Gasteiger partial charge in [0.2, 0.25) is 0 Å². The molecule has 0 fully saturated rings. The molecule has 23 heavy (non-hydrogen) atoms. The molecule has 3 rings (SSSR count). The SMILES string of the molecule is O=C(Nc1ccccc1OC(F)F)c1ccc2[nH]c(=O)[nH]c2n1. The number of halogens is 2. The summed E-state index contributed by atoms with van der Waals surface area (Å²) in [6.07, 6.45) is 0. The van der Waals surface area contributed by atoms with Gasteiger partial charge >= 0.3 is 12.3 Å². The summed E-state index contributed by atoms with van der Waals surface area (Å²) in [5.41, 5.74) is 0.329. The molecule has 9 heteroatoms. The molecular formula is C14H10F2N4O3. The van der Waals surface area contributed by atoms with Gasteiger partial charge in [-0.2, -0.15) is 8.78 Å². The number of amides is 1. The predicted octanol–water partition coefficient (Wildman–Crippen LogP) is 2.10. The van der Waals surface area contributed by atoms with Crippen molar-refractivity contribution in [3.63, 3.8) is 0 Å². The van der Waals surface area contributed by atoms with Crippen molar-refractivity contribution in [3.8, 4) is 5.75 Å². The largest absolute Gasteiger partial charge is 0.433 e. The van der Waals surface area contributed by atoms with E-state index in [4.69, 9.17) is 0 Å². The van der Waals surface area contributed by atoms with Gasteiger partial charge in [-0.3, -0.25) is 9.78 Å². The van der Waals surface area contributed by atoms with Gasteiger partial charge in [-0.1, -0.05) is 12.1 Å². The lowest BCUT2D eigenvalue weighted by molar-refractivity contribution is -0.0493. The van der Waals surface area contributed by atoms with E-state index in [-0.39, 0.29) is 22.8 Å². The van der Waals surface area contributed by atoms with Crippen LogP contribution in [-0.2, 0) is 0 Å². The van der Waals surface area contributed by atoms with Crippen LogP contribution in [0.1, 0.15) is 10.5 Å². The average Bonchev–Trinajstić information content (AvgIpc) is 2.87. The Bertz CT molecular complexity index is 920. The van der Waals surface area contributed by atoms with E-state index in [0.29, 0.717) is 5.52 Å². The molecule has 0 saturated carbocycles. The summed E-state index contributed by atoms with van der Waals surface area (Å²) in [5, 5.41) is 2.44. The molecule has 2 aromatic heterocycles. The number of anilines is 1. The van der Waals surface area contributed by atoms with Crippen molar-refractivity contribution in [2.45, 2.75) is 6.61 Å². The number of fused-ring (bicyclic) bond motifs is 1. The minimum Gasteiger partial charge on any atom is -0.433 e. The van der Waals surface area contributed by atoms with Crippen LogP contribution in [0.15, 0.2) is 41.2 Å². The maximum atomic E-state index is 12.4. The standard InChI is InChI=1S/C14H10F2N4O3/c15-13(16)23-10-4-2-1-3-7(10)18-12(21)9-6-5-8-11(17-9)20-14(22)19-8/h1-6,13H,(H,18,21)(H2,17,19,20,22). The van der Waals surface area contributed by atoms with Gasteiger partial charge in [-0.25, -0.2) is 9.78 Å². The lowest BCUT2D eigenvalue weighted by Crippen LogP contribution is -2.15. The molecule has 0 aliphatic carbocycles. The number of alkyl halides is 2. The van der Waals surface area contributed by atoms with Crippen LogP contribution in [0.3, 0.4) is 0 Å². The van der Waals surface area contributed by atoms with Gasteiger partial charge in [0.25, 0.3) is 5.91 Å². The topological polar surface area (TPSA) is 99.9 Å². The van der Waals surface area contributed by atoms with E-state index in [0.717, 1.165) is 0 Å². The molecule has 0 aliphatic rings. The van der Waals surface area contributed by atoms with Crippen LogP contribution in [-0.4, -0.2) is 27.5 Å². The van der Waals surface area contributed by atoms with Crippen LogP contribution >= 0.6 is 0 Å². The third-order valence-corrected chi connectivity index (χ3v) is 2.96. The molecule has 118 valence electrons. The highest BCUT2D eigenvalue weighted by Crippen LogP contribution is 2.25. The third-order valence-electron chi connectivity index (χ3n) is 2.96. The van der Waals surface area contributed by atoms with Crippen molar-refractivity contribution in [3.05, 3.63) is 52.6 Å². The van der Waals surface area contributed by atoms with Crippen molar-refractivity contribution in [2.75, 3.05) is 5.32 Å². The number of aromatic nitrogens is 3. The number of carbonyl (C=O) groups is 1. The van der Waals surface area contributed by atoms with Gasteiger partial charge in [-0.15, -0.1) is 0 Å². The third kappa shape index (κ3) is 3.18. The summed E-state index contributed by atoms with van der Waals surface area (Å²) in [6, 6.07) is 8.71. The molecule has 0 bridgehead atoms. The number of para-hydroxylation sites is 2. The molecule has 3 aromatic rings. The van der Waals surface area contributed by atoms with E-state index >= 15 is 0 Å². The number of ether oxygens (including phenoxy) is 1. The molecule has 0 aliphatic heterocycles. The first-order chi connectivity index (χ1) is 11.0. The molecule has 0 atom stereocenters. The Morgan fingerprint density at radius 2 is 1.96 bits per heavy atom. The molecule has 0 radical (unpaired) electrons. The summed E-state index contributed by atoms with van der Waals surface area (Å²) >= 11 is 0. The summed E-state index contributed by atoms with van der Waals surface area (Å²) in [7, 11) is 0. The second-order valence-electron chi connectivity index (χ2n) is 4.50. The maximum absolute atomic E-state index is 12.4. The van der Waals surface area contributed by atoms with Gasteiger partial charge in [0.15, 0.2) is 5.65 Å². The Kier molecular flexibility index (Phi) is 3.75. The number of nitrogens with zero attached hydrogens (tertiary/aromatic N) is 1. The molecule has 3 N–H and O–H groups in total. The Morgan fingerprint density at radius 3 is 2.74 bits per heavy atom. The zero-order valence-corrected chi connectivity index (χ0v) is 11.5.